The van der Waals surface area contributed by atoms with E-state index in [1.54, 1.807) is 6.07 Å². The van der Waals surface area contributed by atoms with Crippen molar-refractivity contribution in [3.63, 3.8) is 0 Å². The van der Waals surface area contributed by atoms with E-state index in [0.717, 1.165) is 23.1 Å². The van der Waals surface area contributed by atoms with E-state index in [1.165, 1.54) is 19.3 Å². The summed E-state index contributed by atoms with van der Waals surface area (Å²) in [5.41, 5.74) is 12.6. The first-order valence-electron chi connectivity index (χ1n) is 6.67. The number of benzene rings is 1. The van der Waals surface area contributed by atoms with E-state index in [2.05, 4.69) is 21.2 Å². The number of anilines is 1. The molecule has 0 aliphatic heterocycles. The number of primary amides is 1. The summed E-state index contributed by atoms with van der Waals surface area (Å²) < 4.78 is 0.727. The third kappa shape index (κ3) is 3.48. The smallest absolute Gasteiger partial charge is 0.249 e. The van der Waals surface area contributed by atoms with E-state index in [9.17, 15) is 4.79 Å². The summed E-state index contributed by atoms with van der Waals surface area (Å²) in [5, 5.41) is 3.53. The van der Waals surface area contributed by atoms with Gasteiger partial charge in [0, 0.05) is 16.2 Å². The number of rotatable bonds is 4. The van der Waals surface area contributed by atoms with Crippen molar-refractivity contribution >= 4 is 27.5 Å². The quantitative estimate of drug-likeness (QED) is 0.795. The maximum absolute atomic E-state index is 11.2. The molecule has 5 heteroatoms. The Morgan fingerprint density at radius 2 is 2.11 bits per heavy atom. The molecule has 0 saturated heterocycles. The third-order valence-electron chi connectivity index (χ3n) is 3.80. The Morgan fingerprint density at radius 1 is 1.37 bits per heavy atom. The first-order valence-corrected chi connectivity index (χ1v) is 7.47. The summed E-state index contributed by atoms with van der Waals surface area (Å²) in [4.78, 5) is 11.2. The number of amides is 1. The monoisotopic (exact) mass is 325 g/mol. The van der Waals surface area contributed by atoms with Gasteiger partial charge in [0.15, 0.2) is 0 Å². The van der Waals surface area contributed by atoms with Gasteiger partial charge in [0.05, 0.1) is 5.56 Å². The van der Waals surface area contributed by atoms with Gasteiger partial charge in [0.2, 0.25) is 5.91 Å². The van der Waals surface area contributed by atoms with Crippen molar-refractivity contribution in [2.45, 2.75) is 31.7 Å². The lowest BCUT2D eigenvalue weighted by Gasteiger charge is -2.32. The summed E-state index contributed by atoms with van der Waals surface area (Å²) in [6, 6.07) is 5.97. The van der Waals surface area contributed by atoms with Crippen molar-refractivity contribution in [2.24, 2.45) is 17.4 Å². The number of hydrogen-bond acceptors (Lipinski definition) is 3. The molecule has 1 fully saturated rings. The van der Waals surface area contributed by atoms with E-state index in [1.807, 2.05) is 12.1 Å². The maximum Gasteiger partial charge on any atom is 0.249 e. The van der Waals surface area contributed by atoms with Gasteiger partial charge in [-0.15, -0.1) is 0 Å². The molecular weight excluding hydrogens is 306 g/mol. The number of hydrogen-bond donors (Lipinski definition) is 3. The lowest BCUT2D eigenvalue weighted by atomic mass is 9.84. The Kier molecular flexibility index (Phi) is 4.82. The molecular formula is C14H20BrN3O. The molecule has 1 aromatic rings. The number of nitrogens with one attached hydrogen (secondary N) is 1. The minimum absolute atomic E-state index is 0.420. The van der Waals surface area contributed by atoms with E-state index in [4.69, 9.17) is 11.5 Å². The number of halogens is 1. The molecule has 0 spiro atoms. The molecule has 0 heterocycles. The minimum atomic E-state index is -0.420. The van der Waals surface area contributed by atoms with Crippen LogP contribution in [0.3, 0.4) is 0 Å². The lowest BCUT2D eigenvalue weighted by molar-refractivity contribution is 0.0999. The number of carbonyl (C=O) groups excluding carboxylic acids is 1. The highest BCUT2D eigenvalue weighted by atomic mass is 79.9. The summed E-state index contributed by atoms with van der Waals surface area (Å²) in [5.74, 6) is 0.110. The molecule has 1 aliphatic carbocycles. The van der Waals surface area contributed by atoms with Crippen LogP contribution in [0, 0.1) is 5.92 Å². The van der Waals surface area contributed by atoms with Gasteiger partial charge in [-0.25, -0.2) is 0 Å². The molecule has 1 amide bonds. The second-order valence-corrected chi connectivity index (χ2v) is 5.94. The molecule has 1 saturated carbocycles. The summed E-state index contributed by atoms with van der Waals surface area (Å²) >= 11 is 3.38. The normalized spacial score (nSPS) is 23.1. The molecule has 0 radical (unpaired) electrons. The predicted molar refractivity (Wildman–Crippen MR) is 81.1 cm³/mol. The first kappa shape index (κ1) is 14.3. The molecule has 0 bridgehead atoms. The van der Waals surface area contributed by atoms with Crippen molar-refractivity contribution in [1.29, 1.82) is 0 Å². The zero-order valence-electron chi connectivity index (χ0n) is 10.9. The highest BCUT2D eigenvalue weighted by Crippen LogP contribution is 2.28. The average Bonchev–Trinajstić information content (AvgIpc) is 2.39. The van der Waals surface area contributed by atoms with Gasteiger partial charge in [-0.2, -0.15) is 0 Å². The van der Waals surface area contributed by atoms with Crippen LogP contribution in [0.1, 0.15) is 36.0 Å². The van der Waals surface area contributed by atoms with Crippen molar-refractivity contribution in [3.05, 3.63) is 28.2 Å². The zero-order valence-corrected chi connectivity index (χ0v) is 12.4. The Balaban J connectivity index is 2.10. The van der Waals surface area contributed by atoms with Gasteiger partial charge in [0.1, 0.15) is 0 Å². The largest absolute Gasteiger partial charge is 0.382 e. The van der Waals surface area contributed by atoms with Crippen LogP contribution in [0.4, 0.5) is 5.69 Å². The highest BCUT2D eigenvalue weighted by Gasteiger charge is 2.23. The van der Waals surface area contributed by atoms with Crippen molar-refractivity contribution in [1.82, 2.24) is 0 Å². The van der Waals surface area contributed by atoms with Gasteiger partial charge in [0.25, 0.3) is 0 Å². The van der Waals surface area contributed by atoms with Crippen LogP contribution in [0.15, 0.2) is 22.7 Å². The highest BCUT2D eigenvalue weighted by molar-refractivity contribution is 9.10. The Bertz CT molecular complexity index is 464. The molecule has 1 aliphatic rings. The second kappa shape index (κ2) is 6.39. The van der Waals surface area contributed by atoms with E-state index in [-0.39, 0.29) is 0 Å². The fraction of sp³-hybridized carbons (Fsp3) is 0.500. The fourth-order valence-corrected chi connectivity index (χ4v) is 3.27. The Hall–Kier alpha value is -1.07. The standard InChI is InChI=1S/C14H20BrN3O/c15-12-7-10(5-6-11(12)14(17)19)18-13-4-2-1-3-9(13)8-16/h5-7,9,13,18H,1-4,8,16H2,(H2,17,19). The summed E-state index contributed by atoms with van der Waals surface area (Å²) in [7, 11) is 0. The maximum atomic E-state index is 11.2. The summed E-state index contributed by atoms with van der Waals surface area (Å²) in [6.45, 7) is 0.720. The summed E-state index contributed by atoms with van der Waals surface area (Å²) in [6.07, 6.45) is 4.85. The first-order chi connectivity index (χ1) is 9.11. The average molecular weight is 326 g/mol. The van der Waals surface area contributed by atoms with Crippen LogP contribution in [0.25, 0.3) is 0 Å². The molecule has 1 aromatic carbocycles. The fourth-order valence-electron chi connectivity index (χ4n) is 2.70. The van der Waals surface area contributed by atoms with Gasteiger partial charge in [-0.3, -0.25) is 4.79 Å². The molecule has 2 unspecified atom stereocenters. The van der Waals surface area contributed by atoms with Crippen LogP contribution in [0.5, 0.6) is 0 Å². The Labute approximate surface area is 122 Å². The van der Waals surface area contributed by atoms with Gasteiger partial charge < -0.3 is 16.8 Å². The van der Waals surface area contributed by atoms with E-state index >= 15 is 0 Å². The molecule has 4 nitrogen and oxygen atoms in total. The molecule has 2 rings (SSSR count). The SMILES string of the molecule is NCC1CCCCC1Nc1ccc(C(N)=O)c(Br)c1. The second-order valence-electron chi connectivity index (χ2n) is 5.09. The van der Waals surface area contributed by atoms with Crippen LogP contribution in [-0.2, 0) is 0 Å². The van der Waals surface area contributed by atoms with Crippen molar-refractivity contribution in [3.8, 4) is 0 Å². The number of nitrogens with two attached hydrogens (primary N) is 2. The molecule has 0 aromatic heterocycles. The lowest BCUT2D eigenvalue weighted by Crippen LogP contribution is -2.36. The van der Waals surface area contributed by atoms with Gasteiger partial charge in [-0.1, -0.05) is 12.8 Å². The van der Waals surface area contributed by atoms with Crippen molar-refractivity contribution < 1.29 is 4.79 Å². The van der Waals surface area contributed by atoms with Crippen molar-refractivity contribution in [2.75, 3.05) is 11.9 Å². The topological polar surface area (TPSA) is 81.1 Å². The van der Waals surface area contributed by atoms with E-state index < -0.39 is 5.91 Å². The van der Waals surface area contributed by atoms with Crippen LogP contribution in [0.2, 0.25) is 0 Å². The molecule has 2 atom stereocenters. The van der Waals surface area contributed by atoms with Crippen LogP contribution in [-0.4, -0.2) is 18.5 Å². The van der Waals surface area contributed by atoms with Crippen LogP contribution < -0.4 is 16.8 Å². The molecule has 5 N–H and O–H groups in total. The molecule has 104 valence electrons. The zero-order chi connectivity index (χ0) is 13.8. The third-order valence-corrected chi connectivity index (χ3v) is 4.45. The number of carbonyl (C=O) groups is 1. The van der Waals surface area contributed by atoms with Gasteiger partial charge in [-0.05, 0) is 59.4 Å². The Morgan fingerprint density at radius 3 is 2.74 bits per heavy atom. The van der Waals surface area contributed by atoms with Gasteiger partial charge >= 0.3 is 0 Å². The minimum Gasteiger partial charge on any atom is -0.382 e. The molecule has 19 heavy (non-hydrogen) atoms. The predicted octanol–water partition coefficient (Wildman–Crippen LogP) is 2.48. The van der Waals surface area contributed by atoms with Crippen LogP contribution >= 0.6 is 15.9 Å². The van der Waals surface area contributed by atoms with E-state index in [0.29, 0.717) is 17.5 Å².